The normalized spacial score (nSPS) is 18.2. The van der Waals surface area contributed by atoms with E-state index >= 15 is 0 Å². The van der Waals surface area contributed by atoms with Gasteiger partial charge >= 0.3 is 0 Å². The van der Waals surface area contributed by atoms with Crippen molar-refractivity contribution in [3.05, 3.63) is 71.9 Å². The fourth-order valence-corrected chi connectivity index (χ4v) is 3.83. The molecule has 3 aromatic rings. The molecule has 0 amide bonds. The van der Waals surface area contributed by atoms with E-state index in [0.717, 1.165) is 31.2 Å². The summed E-state index contributed by atoms with van der Waals surface area (Å²) in [5.74, 6) is 1.63. The number of imidazole rings is 1. The van der Waals surface area contributed by atoms with Gasteiger partial charge in [0, 0.05) is 43.2 Å². The summed E-state index contributed by atoms with van der Waals surface area (Å²) in [4.78, 5) is 12.0. The van der Waals surface area contributed by atoms with E-state index in [2.05, 4.69) is 70.9 Å². The standard InChI is InChI=1S/C22H26N4/c1-17-6-3-7-18(14-17)20-9-4-10-21(24-20)19-8-5-12-26(15-19)16-22-23-11-13-25(22)2/h3-4,6-7,9-11,13-14,19H,5,8,12,15-16H2,1-2H3/t19-/m0/s1. The second kappa shape index (κ2) is 7.42. The molecular weight excluding hydrogens is 320 g/mol. The van der Waals surface area contributed by atoms with Gasteiger partial charge in [0.2, 0.25) is 0 Å². The van der Waals surface area contributed by atoms with Crippen LogP contribution >= 0.6 is 0 Å². The van der Waals surface area contributed by atoms with Crippen molar-refractivity contribution in [2.75, 3.05) is 13.1 Å². The van der Waals surface area contributed by atoms with Crippen molar-refractivity contribution < 1.29 is 0 Å². The van der Waals surface area contributed by atoms with E-state index in [-0.39, 0.29) is 0 Å². The number of benzene rings is 1. The van der Waals surface area contributed by atoms with Crippen LogP contribution in [-0.4, -0.2) is 32.5 Å². The average molecular weight is 346 g/mol. The minimum Gasteiger partial charge on any atom is -0.337 e. The first-order valence-corrected chi connectivity index (χ1v) is 9.41. The average Bonchev–Trinajstić information content (AvgIpc) is 3.07. The third kappa shape index (κ3) is 3.70. The van der Waals surface area contributed by atoms with Gasteiger partial charge in [0.05, 0.1) is 12.2 Å². The highest BCUT2D eigenvalue weighted by molar-refractivity contribution is 5.60. The van der Waals surface area contributed by atoms with E-state index < -0.39 is 0 Å². The second-order valence-electron chi connectivity index (χ2n) is 7.35. The van der Waals surface area contributed by atoms with E-state index in [9.17, 15) is 0 Å². The fourth-order valence-electron chi connectivity index (χ4n) is 3.83. The van der Waals surface area contributed by atoms with Crippen LogP contribution in [-0.2, 0) is 13.6 Å². The third-order valence-corrected chi connectivity index (χ3v) is 5.29. The maximum atomic E-state index is 5.01. The van der Waals surface area contributed by atoms with Crippen molar-refractivity contribution in [2.24, 2.45) is 7.05 Å². The molecule has 1 aromatic carbocycles. The molecule has 0 radical (unpaired) electrons. The summed E-state index contributed by atoms with van der Waals surface area (Å²) in [6, 6.07) is 15.0. The summed E-state index contributed by atoms with van der Waals surface area (Å²) in [6.07, 6.45) is 6.32. The Morgan fingerprint density at radius 3 is 2.85 bits per heavy atom. The largest absolute Gasteiger partial charge is 0.337 e. The molecule has 4 heteroatoms. The lowest BCUT2D eigenvalue weighted by atomic mass is 9.93. The van der Waals surface area contributed by atoms with Gasteiger partial charge in [-0.15, -0.1) is 0 Å². The van der Waals surface area contributed by atoms with Crippen LogP contribution in [0.3, 0.4) is 0 Å². The van der Waals surface area contributed by atoms with Crippen molar-refractivity contribution in [3.63, 3.8) is 0 Å². The molecule has 4 nitrogen and oxygen atoms in total. The number of hydrogen-bond acceptors (Lipinski definition) is 3. The van der Waals surface area contributed by atoms with E-state index in [4.69, 9.17) is 4.98 Å². The van der Waals surface area contributed by atoms with Gasteiger partial charge in [0.15, 0.2) is 0 Å². The summed E-state index contributed by atoms with van der Waals surface area (Å²) in [6.45, 7) is 5.24. The van der Waals surface area contributed by atoms with E-state index in [1.807, 2.05) is 12.4 Å². The van der Waals surface area contributed by atoms with Crippen molar-refractivity contribution in [2.45, 2.75) is 32.2 Å². The van der Waals surface area contributed by atoms with Gasteiger partial charge in [0.25, 0.3) is 0 Å². The number of pyridine rings is 1. The molecule has 1 aliphatic heterocycles. The van der Waals surface area contributed by atoms with Crippen molar-refractivity contribution in [1.82, 2.24) is 19.4 Å². The number of nitrogens with zero attached hydrogens (tertiary/aromatic N) is 4. The molecule has 1 fully saturated rings. The zero-order valence-electron chi connectivity index (χ0n) is 15.6. The molecule has 134 valence electrons. The Bertz CT molecular complexity index is 883. The van der Waals surface area contributed by atoms with Gasteiger partial charge in [-0.05, 0) is 44.5 Å². The van der Waals surface area contributed by atoms with Crippen LogP contribution in [0.4, 0.5) is 0 Å². The second-order valence-corrected chi connectivity index (χ2v) is 7.35. The summed E-state index contributed by atoms with van der Waals surface area (Å²) < 4.78 is 2.11. The molecule has 1 saturated heterocycles. The smallest absolute Gasteiger partial charge is 0.122 e. The molecule has 0 bridgehead atoms. The quantitative estimate of drug-likeness (QED) is 0.711. The highest BCUT2D eigenvalue weighted by Crippen LogP contribution is 2.28. The van der Waals surface area contributed by atoms with Crippen LogP contribution in [0.1, 0.15) is 35.8 Å². The zero-order valence-corrected chi connectivity index (χ0v) is 15.6. The molecular formula is C22H26N4. The molecule has 1 atom stereocenters. The molecule has 1 aliphatic rings. The molecule has 26 heavy (non-hydrogen) atoms. The Labute approximate surface area is 155 Å². The molecule has 0 unspecified atom stereocenters. The van der Waals surface area contributed by atoms with Gasteiger partial charge in [-0.1, -0.05) is 29.8 Å². The van der Waals surface area contributed by atoms with Gasteiger partial charge in [-0.25, -0.2) is 4.98 Å². The van der Waals surface area contributed by atoms with E-state index in [1.54, 1.807) is 0 Å². The molecule has 0 spiro atoms. The molecule has 0 saturated carbocycles. The molecule has 0 N–H and O–H groups in total. The fraction of sp³-hybridized carbons (Fsp3) is 0.364. The van der Waals surface area contributed by atoms with Gasteiger partial charge in [0.1, 0.15) is 5.82 Å². The first-order chi connectivity index (χ1) is 12.7. The number of piperidine rings is 1. The molecule has 2 aromatic heterocycles. The van der Waals surface area contributed by atoms with E-state index in [0.29, 0.717) is 5.92 Å². The highest BCUT2D eigenvalue weighted by Gasteiger charge is 2.23. The number of likely N-dealkylation sites (tertiary alicyclic amines) is 1. The van der Waals surface area contributed by atoms with Crippen molar-refractivity contribution in [3.8, 4) is 11.3 Å². The Kier molecular flexibility index (Phi) is 4.85. The topological polar surface area (TPSA) is 34.0 Å². The van der Waals surface area contributed by atoms with Gasteiger partial charge in [-0.2, -0.15) is 0 Å². The minimum atomic E-state index is 0.494. The van der Waals surface area contributed by atoms with Crippen molar-refractivity contribution >= 4 is 0 Å². The summed E-state index contributed by atoms with van der Waals surface area (Å²) in [5.41, 5.74) is 4.77. The summed E-state index contributed by atoms with van der Waals surface area (Å²) in [7, 11) is 2.07. The van der Waals surface area contributed by atoms with E-state index in [1.165, 1.54) is 29.7 Å². The predicted molar refractivity (Wildman–Crippen MR) is 105 cm³/mol. The summed E-state index contributed by atoms with van der Waals surface area (Å²) in [5, 5.41) is 0. The monoisotopic (exact) mass is 346 g/mol. The van der Waals surface area contributed by atoms with Crippen LogP contribution < -0.4 is 0 Å². The summed E-state index contributed by atoms with van der Waals surface area (Å²) >= 11 is 0. The molecule has 4 rings (SSSR count). The Balaban J connectivity index is 1.52. The predicted octanol–water partition coefficient (Wildman–Crippen LogP) is 4.17. The van der Waals surface area contributed by atoms with Gasteiger partial charge < -0.3 is 4.57 Å². The first-order valence-electron chi connectivity index (χ1n) is 9.41. The number of aromatic nitrogens is 3. The maximum absolute atomic E-state index is 5.01. The van der Waals surface area contributed by atoms with Crippen LogP contribution in [0, 0.1) is 6.92 Å². The lowest BCUT2D eigenvalue weighted by molar-refractivity contribution is 0.192. The third-order valence-electron chi connectivity index (χ3n) is 5.29. The van der Waals surface area contributed by atoms with Crippen LogP contribution in [0.2, 0.25) is 0 Å². The highest BCUT2D eigenvalue weighted by atomic mass is 15.2. The number of hydrogen-bond donors (Lipinski definition) is 0. The number of aryl methyl sites for hydroxylation is 2. The first kappa shape index (κ1) is 17.0. The Morgan fingerprint density at radius 2 is 2.04 bits per heavy atom. The SMILES string of the molecule is Cc1cccc(-c2cccc([C@H]3CCCN(Cc4nccn4C)C3)n2)c1. The van der Waals surface area contributed by atoms with Gasteiger partial charge in [-0.3, -0.25) is 9.88 Å². The van der Waals surface area contributed by atoms with Crippen LogP contribution in [0.5, 0.6) is 0 Å². The Morgan fingerprint density at radius 1 is 1.15 bits per heavy atom. The molecule has 0 aliphatic carbocycles. The lowest BCUT2D eigenvalue weighted by Crippen LogP contribution is -2.34. The maximum Gasteiger partial charge on any atom is 0.122 e. The van der Waals surface area contributed by atoms with Crippen LogP contribution in [0.25, 0.3) is 11.3 Å². The lowest BCUT2D eigenvalue weighted by Gasteiger charge is -2.32. The zero-order chi connectivity index (χ0) is 17.9. The molecule has 3 heterocycles. The minimum absolute atomic E-state index is 0.494. The Hall–Kier alpha value is -2.46. The number of rotatable bonds is 4. The van der Waals surface area contributed by atoms with Crippen LogP contribution in [0.15, 0.2) is 54.9 Å². The van der Waals surface area contributed by atoms with Crippen molar-refractivity contribution in [1.29, 1.82) is 0 Å².